The molecule has 2 rings (SSSR count). The Morgan fingerprint density at radius 2 is 2.18 bits per heavy atom. The largest absolute Gasteiger partial charge is 0.383 e. The Hall–Kier alpha value is -0.840. The SMILES string of the molecule is COCCNCCn1ccc2cc(Br)ccc21. The minimum atomic E-state index is 0.763. The van der Waals surface area contributed by atoms with Crippen LogP contribution in [0.1, 0.15) is 0 Å². The first-order valence-corrected chi connectivity index (χ1v) is 6.54. The molecule has 0 aliphatic heterocycles. The normalized spacial score (nSPS) is 11.2. The molecule has 1 heterocycles. The second kappa shape index (κ2) is 6.19. The van der Waals surface area contributed by atoms with Crippen molar-refractivity contribution in [1.29, 1.82) is 0 Å². The van der Waals surface area contributed by atoms with Gasteiger partial charge in [0.1, 0.15) is 0 Å². The molecule has 0 aliphatic carbocycles. The zero-order valence-electron chi connectivity index (χ0n) is 9.95. The van der Waals surface area contributed by atoms with Crippen LogP contribution >= 0.6 is 15.9 Å². The zero-order chi connectivity index (χ0) is 12.1. The Bertz CT molecular complexity index is 481. The molecule has 0 aliphatic rings. The van der Waals surface area contributed by atoms with Gasteiger partial charge in [0.05, 0.1) is 6.61 Å². The van der Waals surface area contributed by atoms with E-state index in [-0.39, 0.29) is 0 Å². The first-order chi connectivity index (χ1) is 8.31. The molecule has 4 heteroatoms. The van der Waals surface area contributed by atoms with Crippen LogP contribution in [-0.4, -0.2) is 31.4 Å². The maximum absolute atomic E-state index is 4.99. The van der Waals surface area contributed by atoms with Crippen molar-refractivity contribution in [3.8, 4) is 0 Å². The lowest BCUT2D eigenvalue weighted by Crippen LogP contribution is -2.23. The lowest BCUT2D eigenvalue weighted by atomic mass is 10.2. The molecule has 0 bridgehead atoms. The van der Waals surface area contributed by atoms with Crippen molar-refractivity contribution >= 4 is 26.8 Å². The van der Waals surface area contributed by atoms with E-state index in [9.17, 15) is 0 Å². The Morgan fingerprint density at radius 3 is 3.00 bits per heavy atom. The van der Waals surface area contributed by atoms with Gasteiger partial charge in [-0.3, -0.25) is 0 Å². The van der Waals surface area contributed by atoms with E-state index in [4.69, 9.17) is 4.74 Å². The van der Waals surface area contributed by atoms with Crippen molar-refractivity contribution in [2.75, 3.05) is 26.8 Å². The molecule has 1 N–H and O–H groups in total. The van der Waals surface area contributed by atoms with Gasteiger partial charge in [0.2, 0.25) is 0 Å². The fourth-order valence-corrected chi connectivity index (χ4v) is 2.24. The van der Waals surface area contributed by atoms with Crippen molar-refractivity contribution < 1.29 is 4.74 Å². The summed E-state index contributed by atoms with van der Waals surface area (Å²) >= 11 is 3.49. The van der Waals surface area contributed by atoms with Crippen LogP contribution in [0.15, 0.2) is 34.9 Å². The third-order valence-electron chi connectivity index (χ3n) is 2.75. The van der Waals surface area contributed by atoms with E-state index in [1.807, 2.05) is 0 Å². The highest BCUT2D eigenvalue weighted by molar-refractivity contribution is 9.10. The Kier molecular flexibility index (Phi) is 4.59. The van der Waals surface area contributed by atoms with E-state index in [0.717, 1.165) is 30.7 Å². The van der Waals surface area contributed by atoms with Crippen LogP contribution < -0.4 is 5.32 Å². The quantitative estimate of drug-likeness (QED) is 0.830. The molecule has 1 aromatic carbocycles. The van der Waals surface area contributed by atoms with Gasteiger partial charge >= 0.3 is 0 Å². The van der Waals surface area contributed by atoms with E-state index in [2.05, 4.69) is 56.3 Å². The minimum absolute atomic E-state index is 0.763. The molecule has 2 aromatic rings. The van der Waals surface area contributed by atoms with E-state index in [1.54, 1.807) is 7.11 Å². The number of hydrogen-bond acceptors (Lipinski definition) is 2. The third kappa shape index (κ3) is 3.31. The molecule has 0 saturated carbocycles. The van der Waals surface area contributed by atoms with Gasteiger partial charge < -0.3 is 14.6 Å². The molecule has 0 radical (unpaired) electrons. The number of methoxy groups -OCH3 is 1. The lowest BCUT2D eigenvalue weighted by molar-refractivity contribution is 0.199. The van der Waals surface area contributed by atoms with Crippen LogP contribution in [-0.2, 0) is 11.3 Å². The third-order valence-corrected chi connectivity index (χ3v) is 3.24. The molecular weight excluding hydrogens is 280 g/mol. The number of fused-ring (bicyclic) bond motifs is 1. The molecule has 0 fully saturated rings. The van der Waals surface area contributed by atoms with Crippen LogP contribution in [0.25, 0.3) is 10.9 Å². The van der Waals surface area contributed by atoms with Gasteiger partial charge in [-0.1, -0.05) is 15.9 Å². The van der Waals surface area contributed by atoms with Crippen LogP contribution in [0.5, 0.6) is 0 Å². The van der Waals surface area contributed by atoms with E-state index >= 15 is 0 Å². The maximum Gasteiger partial charge on any atom is 0.0587 e. The van der Waals surface area contributed by atoms with Gasteiger partial charge in [0.15, 0.2) is 0 Å². The molecule has 1 aromatic heterocycles. The summed E-state index contributed by atoms with van der Waals surface area (Å²) < 4.78 is 8.38. The molecule has 0 atom stereocenters. The van der Waals surface area contributed by atoms with Gasteiger partial charge in [0.25, 0.3) is 0 Å². The van der Waals surface area contributed by atoms with E-state index in [0.29, 0.717) is 0 Å². The highest BCUT2D eigenvalue weighted by atomic mass is 79.9. The van der Waals surface area contributed by atoms with Gasteiger partial charge in [-0.05, 0) is 24.3 Å². The summed E-state index contributed by atoms with van der Waals surface area (Å²) in [5.41, 5.74) is 1.28. The average molecular weight is 297 g/mol. The molecule has 92 valence electrons. The zero-order valence-corrected chi connectivity index (χ0v) is 11.5. The first-order valence-electron chi connectivity index (χ1n) is 5.75. The summed E-state index contributed by atoms with van der Waals surface area (Å²) in [4.78, 5) is 0. The van der Waals surface area contributed by atoms with Crippen molar-refractivity contribution in [1.82, 2.24) is 9.88 Å². The lowest BCUT2D eigenvalue weighted by Gasteiger charge is -2.07. The average Bonchev–Trinajstić information content (AvgIpc) is 2.71. The summed E-state index contributed by atoms with van der Waals surface area (Å²) in [5, 5.41) is 4.62. The van der Waals surface area contributed by atoms with Crippen molar-refractivity contribution in [3.63, 3.8) is 0 Å². The summed E-state index contributed by atoms with van der Waals surface area (Å²) in [5.74, 6) is 0. The monoisotopic (exact) mass is 296 g/mol. The Morgan fingerprint density at radius 1 is 1.29 bits per heavy atom. The van der Waals surface area contributed by atoms with Gasteiger partial charge in [-0.25, -0.2) is 0 Å². The number of hydrogen-bond donors (Lipinski definition) is 1. The number of ether oxygens (including phenoxy) is 1. The number of benzene rings is 1. The molecule has 17 heavy (non-hydrogen) atoms. The minimum Gasteiger partial charge on any atom is -0.383 e. The van der Waals surface area contributed by atoms with Gasteiger partial charge in [-0.2, -0.15) is 0 Å². The van der Waals surface area contributed by atoms with Crippen molar-refractivity contribution in [2.24, 2.45) is 0 Å². The number of aromatic nitrogens is 1. The predicted molar refractivity (Wildman–Crippen MR) is 74.4 cm³/mol. The summed E-state index contributed by atoms with van der Waals surface area (Å²) in [6.45, 7) is 3.61. The molecule has 0 unspecified atom stereocenters. The molecule has 3 nitrogen and oxygen atoms in total. The van der Waals surface area contributed by atoms with Crippen LogP contribution in [0.3, 0.4) is 0 Å². The predicted octanol–water partition coefficient (Wildman–Crippen LogP) is 2.64. The summed E-state index contributed by atoms with van der Waals surface area (Å²) in [6, 6.07) is 8.52. The maximum atomic E-state index is 4.99. The fourth-order valence-electron chi connectivity index (χ4n) is 1.86. The van der Waals surface area contributed by atoms with Crippen LogP contribution in [0, 0.1) is 0 Å². The number of nitrogens with one attached hydrogen (secondary N) is 1. The van der Waals surface area contributed by atoms with Gasteiger partial charge in [-0.15, -0.1) is 0 Å². The first kappa shape index (κ1) is 12.6. The van der Waals surface area contributed by atoms with Crippen molar-refractivity contribution in [3.05, 3.63) is 34.9 Å². The van der Waals surface area contributed by atoms with Crippen LogP contribution in [0.4, 0.5) is 0 Å². The van der Waals surface area contributed by atoms with Crippen molar-refractivity contribution in [2.45, 2.75) is 6.54 Å². The number of halogens is 1. The number of rotatable bonds is 6. The van der Waals surface area contributed by atoms with Gasteiger partial charge in [0, 0.05) is 48.3 Å². The Balaban J connectivity index is 1.95. The molecule has 0 spiro atoms. The molecule has 0 saturated heterocycles. The topological polar surface area (TPSA) is 26.2 Å². The standard InChI is InChI=1S/C13H17BrN2O/c1-17-9-6-15-5-8-16-7-4-11-10-12(14)2-3-13(11)16/h2-4,7,10,15H,5-6,8-9H2,1H3. The highest BCUT2D eigenvalue weighted by Crippen LogP contribution is 2.20. The molecular formula is C13H17BrN2O. The smallest absolute Gasteiger partial charge is 0.0587 e. The Labute approximate surface area is 110 Å². The van der Waals surface area contributed by atoms with E-state index < -0.39 is 0 Å². The van der Waals surface area contributed by atoms with E-state index in [1.165, 1.54) is 10.9 Å². The molecule has 0 amide bonds. The fraction of sp³-hybridized carbons (Fsp3) is 0.385. The summed E-state index contributed by atoms with van der Waals surface area (Å²) in [7, 11) is 1.72. The number of nitrogens with zero attached hydrogens (tertiary/aromatic N) is 1. The summed E-state index contributed by atoms with van der Waals surface area (Å²) in [6.07, 6.45) is 2.13. The second-order valence-corrected chi connectivity index (χ2v) is 4.87. The van der Waals surface area contributed by atoms with Crippen LogP contribution in [0.2, 0.25) is 0 Å². The second-order valence-electron chi connectivity index (χ2n) is 3.96. The highest BCUT2D eigenvalue weighted by Gasteiger charge is 2.00.